The highest BCUT2D eigenvalue weighted by atomic mass is 16.5. The zero-order valence-electron chi connectivity index (χ0n) is 22.0. The van der Waals surface area contributed by atoms with Crippen LogP contribution in [0.4, 0.5) is 0 Å². The Balaban J connectivity index is 3.59. The van der Waals surface area contributed by atoms with Gasteiger partial charge in [0.2, 0.25) is 0 Å². The molecule has 0 rings (SSSR count). The van der Waals surface area contributed by atoms with Crippen molar-refractivity contribution in [3.8, 4) is 0 Å². The molecule has 0 spiro atoms. The molecule has 0 aromatic rings. The van der Waals surface area contributed by atoms with E-state index in [9.17, 15) is 14.7 Å². The van der Waals surface area contributed by atoms with Gasteiger partial charge in [-0.25, -0.2) is 0 Å². The van der Waals surface area contributed by atoms with Crippen molar-refractivity contribution in [1.29, 1.82) is 0 Å². The summed E-state index contributed by atoms with van der Waals surface area (Å²) in [7, 11) is 0. The molecule has 0 fully saturated rings. The zero-order chi connectivity index (χ0) is 24.4. The van der Waals surface area contributed by atoms with Crippen LogP contribution in [0.1, 0.15) is 149 Å². The Labute approximate surface area is 204 Å². The van der Waals surface area contributed by atoms with Gasteiger partial charge in [-0.2, -0.15) is 0 Å². The van der Waals surface area contributed by atoms with Crippen LogP contribution in [0.3, 0.4) is 0 Å². The van der Waals surface area contributed by atoms with Gasteiger partial charge in [-0.05, 0) is 19.4 Å². The van der Waals surface area contributed by atoms with Crippen molar-refractivity contribution in [1.82, 2.24) is 5.32 Å². The van der Waals surface area contributed by atoms with Gasteiger partial charge in [-0.3, -0.25) is 9.59 Å². The third-order valence-electron chi connectivity index (χ3n) is 6.35. The topological polar surface area (TPSA) is 75.6 Å². The van der Waals surface area contributed by atoms with Crippen molar-refractivity contribution in [3.63, 3.8) is 0 Å². The fraction of sp³-hybridized carbons (Fsp3) is 0.929. The molecule has 0 aliphatic heterocycles. The van der Waals surface area contributed by atoms with E-state index in [0.29, 0.717) is 13.2 Å². The lowest BCUT2D eigenvalue weighted by Gasteiger charge is -2.14. The molecule has 0 aromatic heterocycles. The van der Waals surface area contributed by atoms with Gasteiger partial charge in [0, 0.05) is 0 Å². The maximum Gasteiger partial charge on any atom is 0.321 e. The van der Waals surface area contributed by atoms with Gasteiger partial charge >= 0.3 is 11.9 Å². The van der Waals surface area contributed by atoms with Crippen LogP contribution in [0.5, 0.6) is 0 Å². The summed E-state index contributed by atoms with van der Waals surface area (Å²) in [6.45, 7) is 5.52. The van der Waals surface area contributed by atoms with E-state index in [1.165, 1.54) is 103 Å². The van der Waals surface area contributed by atoms with Gasteiger partial charge < -0.3 is 15.2 Å². The molecule has 0 bridgehead atoms. The molecule has 1 atom stereocenters. The van der Waals surface area contributed by atoms with Crippen LogP contribution in [0, 0.1) is 0 Å². The summed E-state index contributed by atoms with van der Waals surface area (Å²) in [4.78, 5) is 23.4. The number of nitrogens with one attached hydrogen (secondary N) is 1. The first-order valence-electron chi connectivity index (χ1n) is 14.2. The molecule has 0 aromatic carbocycles. The number of hydrogen-bond donors (Lipinski definition) is 2. The minimum atomic E-state index is -0.974. The Hall–Kier alpha value is -1.10. The van der Waals surface area contributed by atoms with E-state index in [1.54, 1.807) is 0 Å². The van der Waals surface area contributed by atoms with E-state index in [2.05, 4.69) is 19.2 Å². The molecule has 33 heavy (non-hydrogen) atoms. The van der Waals surface area contributed by atoms with Crippen LogP contribution in [0.15, 0.2) is 0 Å². The molecule has 0 heterocycles. The highest BCUT2D eigenvalue weighted by Crippen LogP contribution is 2.11. The summed E-state index contributed by atoms with van der Waals surface area (Å²) in [6.07, 6.45) is 24.8. The number of rotatable bonds is 26. The third-order valence-corrected chi connectivity index (χ3v) is 6.35. The average Bonchev–Trinajstić information content (AvgIpc) is 2.80. The normalized spacial score (nSPS) is 12.1. The molecule has 0 saturated heterocycles. The molecule has 1 unspecified atom stereocenters. The maximum atomic E-state index is 12.0. The SMILES string of the molecule is CCCCCCCCCCCCNC(CC(=O)OCCCCCCCCCCCC)C(=O)O. The lowest BCUT2D eigenvalue weighted by molar-refractivity contribution is -0.149. The van der Waals surface area contributed by atoms with Crippen LogP contribution in [0.2, 0.25) is 0 Å². The molecular weight excluding hydrogens is 414 g/mol. The van der Waals surface area contributed by atoms with E-state index in [0.717, 1.165) is 25.7 Å². The Kier molecular flexibility index (Phi) is 24.7. The number of carbonyl (C=O) groups is 2. The van der Waals surface area contributed by atoms with Crippen molar-refractivity contribution in [2.75, 3.05) is 13.2 Å². The second-order valence-corrected chi connectivity index (χ2v) is 9.63. The maximum absolute atomic E-state index is 12.0. The lowest BCUT2D eigenvalue weighted by Crippen LogP contribution is -2.39. The minimum absolute atomic E-state index is 0.0924. The smallest absolute Gasteiger partial charge is 0.321 e. The standard InChI is InChI=1S/C28H55NO4/c1-3-5-7-9-11-13-15-17-19-21-23-29-26(28(31)32)25-27(30)33-24-22-20-18-16-14-12-10-8-6-4-2/h26,29H,3-25H2,1-2H3,(H,31,32). The Morgan fingerprint density at radius 3 is 1.45 bits per heavy atom. The number of carboxylic acid groups (broad SMARTS) is 1. The molecule has 0 aliphatic carbocycles. The summed E-state index contributed by atoms with van der Waals surface area (Å²) >= 11 is 0. The zero-order valence-corrected chi connectivity index (χ0v) is 22.0. The van der Waals surface area contributed by atoms with E-state index >= 15 is 0 Å². The van der Waals surface area contributed by atoms with Gasteiger partial charge in [0.25, 0.3) is 0 Å². The fourth-order valence-electron chi connectivity index (χ4n) is 4.14. The monoisotopic (exact) mass is 469 g/mol. The molecule has 0 saturated carbocycles. The minimum Gasteiger partial charge on any atom is -0.480 e. The third kappa shape index (κ3) is 23.8. The lowest BCUT2D eigenvalue weighted by atomic mass is 10.1. The second kappa shape index (κ2) is 25.5. The largest absolute Gasteiger partial charge is 0.480 e. The summed E-state index contributed by atoms with van der Waals surface area (Å²) < 4.78 is 5.26. The van der Waals surface area contributed by atoms with Crippen molar-refractivity contribution < 1.29 is 19.4 Å². The Bertz CT molecular complexity index is 442. The Morgan fingerprint density at radius 1 is 0.636 bits per heavy atom. The van der Waals surface area contributed by atoms with Crippen molar-refractivity contribution >= 4 is 11.9 Å². The number of aliphatic carboxylic acids is 1. The van der Waals surface area contributed by atoms with Crippen LogP contribution >= 0.6 is 0 Å². The highest BCUT2D eigenvalue weighted by Gasteiger charge is 2.21. The number of hydrogen-bond acceptors (Lipinski definition) is 4. The fourth-order valence-corrected chi connectivity index (χ4v) is 4.14. The predicted octanol–water partition coefficient (Wildman–Crippen LogP) is 7.80. The van der Waals surface area contributed by atoms with Crippen molar-refractivity contribution in [2.24, 2.45) is 0 Å². The van der Waals surface area contributed by atoms with Crippen molar-refractivity contribution in [3.05, 3.63) is 0 Å². The summed E-state index contributed by atoms with van der Waals surface area (Å²) in [5.41, 5.74) is 0. The highest BCUT2D eigenvalue weighted by molar-refractivity contribution is 5.81. The van der Waals surface area contributed by atoms with E-state index < -0.39 is 18.0 Å². The molecule has 5 heteroatoms. The van der Waals surface area contributed by atoms with Gasteiger partial charge in [0.1, 0.15) is 6.04 Å². The predicted molar refractivity (Wildman–Crippen MR) is 139 cm³/mol. The average molecular weight is 470 g/mol. The number of carboxylic acids is 1. The first-order chi connectivity index (χ1) is 16.1. The molecule has 0 aliphatic rings. The number of ether oxygens (including phenoxy) is 1. The molecule has 0 radical (unpaired) electrons. The van der Waals surface area contributed by atoms with Gasteiger partial charge in [0.15, 0.2) is 0 Å². The van der Waals surface area contributed by atoms with Gasteiger partial charge in [-0.1, -0.05) is 129 Å². The Morgan fingerprint density at radius 2 is 1.03 bits per heavy atom. The van der Waals surface area contributed by atoms with Crippen LogP contribution < -0.4 is 5.32 Å². The summed E-state index contributed by atoms with van der Waals surface area (Å²) in [5.74, 6) is -1.38. The molecule has 5 nitrogen and oxygen atoms in total. The van der Waals surface area contributed by atoms with E-state index in [1.807, 2.05) is 0 Å². The second-order valence-electron chi connectivity index (χ2n) is 9.63. The van der Waals surface area contributed by atoms with Crippen LogP contribution in [-0.2, 0) is 14.3 Å². The molecule has 0 amide bonds. The van der Waals surface area contributed by atoms with Gasteiger partial charge in [-0.15, -0.1) is 0 Å². The van der Waals surface area contributed by atoms with Crippen molar-refractivity contribution in [2.45, 2.75) is 155 Å². The number of carbonyl (C=O) groups excluding carboxylic acids is 1. The first-order valence-corrected chi connectivity index (χ1v) is 14.2. The van der Waals surface area contributed by atoms with E-state index in [-0.39, 0.29) is 6.42 Å². The number of esters is 1. The quantitative estimate of drug-likeness (QED) is 0.0998. The van der Waals surface area contributed by atoms with Crippen LogP contribution in [0.25, 0.3) is 0 Å². The van der Waals surface area contributed by atoms with Gasteiger partial charge in [0.05, 0.1) is 13.0 Å². The first kappa shape index (κ1) is 31.9. The molecular formula is C28H55NO4. The molecule has 2 N–H and O–H groups in total. The molecule has 196 valence electrons. The van der Waals surface area contributed by atoms with Crippen LogP contribution in [-0.4, -0.2) is 36.2 Å². The summed E-state index contributed by atoms with van der Waals surface area (Å²) in [5, 5.41) is 12.4. The summed E-state index contributed by atoms with van der Waals surface area (Å²) in [6, 6.07) is -0.844. The van der Waals surface area contributed by atoms with E-state index in [4.69, 9.17) is 4.74 Å². The number of unbranched alkanes of at least 4 members (excludes halogenated alkanes) is 18.